The highest BCUT2D eigenvalue weighted by Crippen LogP contribution is 2.25. The second-order valence-corrected chi connectivity index (χ2v) is 5.87. The first-order valence-electron chi connectivity index (χ1n) is 8.19. The Morgan fingerprint density at radius 1 is 1.08 bits per heavy atom. The van der Waals surface area contributed by atoms with Crippen LogP contribution in [0.2, 0.25) is 0 Å². The maximum absolute atomic E-state index is 11.6. The van der Waals surface area contributed by atoms with Crippen molar-refractivity contribution in [2.45, 2.75) is 26.2 Å². The second-order valence-electron chi connectivity index (χ2n) is 5.87. The summed E-state index contributed by atoms with van der Waals surface area (Å²) in [7, 11) is 0. The molecule has 5 nitrogen and oxygen atoms in total. The van der Waals surface area contributed by atoms with Gasteiger partial charge in [0, 0.05) is 5.56 Å². The highest BCUT2D eigenvalue weighted by atomic mass is 16.5. The van der Waals surface area contributed by atoms with E-state index in [-0.39, 0.29) is 0 Å². The van der Waals surface area contributed by atoms with E-state index >= 15 is 0 Å². The molecule has 0 radical (unpaired) electrons. The number of nitrogens with two attached hydrogens (primary N) is 1. The molecule has 2 aromatic carbocycles. The zero-order valence-corrected chi connectivity index (χ0v) is 14.1. The number of amides is 1. The van der Waals surface area contributed by atoms with Crippen LogP contribution in [0.5, 0.6) is 0 Å². The fourth-order valence-corrected chi connectivity index (χ4v) is 2.68. The molecule has 0 saturated carbocycles. The third-order valence-electron chi connectivity index (χ3n) is 4.12. The number of rotatable bonds is 7. The minimum Gasteiger partial charge on any atom is -0.370 e. The lowest BCUT2D eigenvalue weighted by molar-refractivity contribution is -0.120. The Labute approximate surface area is 147 Å². The molecule has 0 unspecified atom stereocenters. The van der Waals surface area contributed by atoms with E-state index in [4.69, 9.17) is 10.5 Å². The standard InChI is InChI=1S/C20H21N3O2/c1-15(20(21)24)23-14-22-19(17-10-6-3-7-11-17)18(23)13-25-12-16-8-4-2-5-9-16/h2-11,14-15H,12-13H2,1H3,(H2,21,24)/t15-/m1/s1. The maximum atomic E-state index is 11.6. The van der Waals surface area contributed by atoms with Crippen LogP contribution in [0.1, 0.15) is 24.2 Å². The largest absolute Gasteiger partial charge is 0.370 e. The summed E-state index contributed by atoms with van der Waals surface area (Å²) in [6, 6.07) is 19.3. The van der Waals surface area contributed by atoms with Crippen LogP contribution in [-0.2, 0) is 22.7 Å². The Morgan fingerprint density at radius 2 is 1.72 bits per heavy atom. The summed E-state index contributed by atoms with van der Waals surface area (Å²) in [4.78, 5) is 16.1. The predicted molar refractivity (Wildman–Crippen MR) is 96.5 cm³/mol. The Balaban J connectivity index is 1.86. The van der Waals surface area contributed by atoms with Gasteiger partial charge in [-0.05, 0) is 12.5 Å². The van der Waals surface area contributed by atoms with Gasteiger partial charge in [0.05, 0.1) is 30.9 Å². The highest BCUT2D eigenvalue weighted by molar-refractivity contribution is 5.78. The smallest absolute Gasteiger partial charge is 0.240 e. The van der Waals surface area contributed by atoms with Gasteiger partial charge in [-0.15, -0.1) is 0 Å². The number of primary amides is 1. The van der Waals surface area contributed by atoms with Crippen LogP contribution >= 0.6 is 0 Å². The summed E-state index contributed by atoms with van der Waals surface area (Å²) < 4.78 is 7.67. The zero-order chi connectivity index (χ0) is 17.6. The predicted octanol–water partition coefficient (Wildman–Crippen LogP) is 3.31. The van der Waals surface area contributed by atoms with E-state index in [0.29, 0.717) is 13.2 Å². The summed E-state index contributed by atoms with van der Waals surface area (Å²) >= 11 is 0. The number of imidazole rings is 1. The number of aromatic nitrogens is 2. The van der Waals surface area contributed by atoms with Crippen LogP contribution in [0, 0.1) is 0 Å². The van der Waals surface area contributed by atoms with Crippen molar-refractivity contribution in [1.29, 1.82) is 0 Å². The second kappa shape index (κ2) is 7.77. The summed E-state index contributed by atoms with van der Waals surface area (Å²) in [6.45, 7) is 2.60. The number of nitrogens with zero attached hydrogens (tertiary/aromatic N) is 2. The summed E-state index contributed by atoms with van der Waals surface area (Å²) in [5.74, 6) is -0.402. The Hall–Kier alpha value is -2.92. The summed E-state index contributed by atoms with van der Waals surface area (Å²) in [5.41, 5.74) is 9.20. The van der Waals surface area contributed by atoms with Crippen LogP contribution < -0.4 is 5.73 Å². The number of carbonyl (C=O) groups excluding carboxylic acids is 1. The van der Waals surface area contributed by atoms with E-state index in [1.165, 1.54) is 0 Å². The highest BCUT2D eigenvalue weighted by Gasteiger charge is 2.19. The molecule has 25 heavy (non-hydrogen) atoms. The van der Waals surface area contributed by atoms with Crippen molar-refractivity contribution in [2.75, 3.05) is 0 Å². The molecular formula is C20H21N3O2. The van der Waals surface area contributed by atoms with Crippen molar-refractivity contribution in [2.24, 2.45) is 5.73 Å². The third kappa shape index (κ3) is 3.95. The van der Waals surface area contributed by atoms with E-state index < -0.39 is 11.9 Å². The van der Waals surface area contributed by atoms with Crippen LogP contribution in [0.15, 0.2) is 67.0 Å². The van der Waals surface area contributed by atoms with E-state index in [9.17, 15) is 4.79 Å². The molecule has 0 aliphatic heterocycles. The molecule has 0 bridgehead atoms. The first-order chi connectivity index (χ1) is 12.2. The number of hydrogen-bond donors (Lipinski definition) is 1. The van der Waals surface area contributed by atoms with Crippen molar-refractivity contribution < 1.29 is 9.53 Å². The molecule has 3 aromatic rings. The average Bonchev–Trinajstić information content (AvgIpc) is 3.06. The molecular weight excluding hydrogens is 314 g/mol. The van der Waals surface area contributed by atoms with E-state index in [1.807, 2.05) is 60.7 Å². The van der Waals surface area contributed by atoms with Gasteiger partial charge in [-0.2, -0.15) is 0 Å². The number of carbonyl (C=O) groups is 1. The van der Waals surface area contributed by atoms with E-state index in [1.54, 1.807) is 17.8 Å². The van der Waals surface area contributed by atoms with Crippen LogP contribution in [0.3, 0.4) is 0 Å². The van der Waals surface area contributed by atoms with Gasteiger partial charge in [-0.1, -0.05) is 60.7 Å². The Bertz CT molecular complexity index is 829. The molecule has 128 valence electrons. The SMILES string of the molecule is C[C@H](C(N)=O)n1cnc(-c2ccccc2)c1COCc1ccccc1. The summed E-state index contributed by atoms with van der Waals surface area (Å²) in [5, 5.41) is 0. The minimum absolute atomic E-state index is 0.344. The van der Waals surface area contributed by atoms with Gasteiger partial charge in [0.2, 0.25) is 5.91 Å². The van der Waals surface area contributed by atoms with Gasteiger partial charge >= 0.3 is 0 Å². The monoisotopic (exact) mass is 335 g/mol. The zero-order valence-electron chi connectivity index (χ0n) is 14.1. The third-order valence-corrected chi connectivity index (χ3v) is 4.12. The van der Waals surface area contributed by atoms with Crippen molar-refractivity contribution in [1.82, 2.24) is 9.55 Å². The van der Waals surface area contributed by atoms with Gasteiger partial charge in [0.15, 0.2) is 0 Å². The van der Waals surface area contributed by atoms with E-state index in [0.717, 1.165) is 22.5 Å². The first kappa shape index (κ1) is 16.9. The molecule has 1 amide bonds. The van der Waals surface area contributed by atoms with Gasteiger partial charge in [0.1, 0.15) is 6.04 Å². The molecule has 1 atom stereocenters. The van der Waals surface area contributed by atoms with Crippen LogP contribution in [0.4, 0.5) is 0 Å². The van der Waals surface area contributed by atoms with Gasteiger partial charge in [0.25, 0.3) is 0 Å². The van der Waals surface area contributed by atoms with E-state index in [2.05, 4.69) is 4.98 Å². The fourth-order valence-electron chi connectivity index (χ4n) is 2.68. The van der Waals surface area contributed by atoms with Crippen molar-refractivity contribution in [3.05, 3.63) is 78.2 Å². The molecule has 0 aliphatic rings. The van der Waals surface area contributed by atoms with Gasteiger partial charge in [-0.25, -0.2) is 4.98 Å². The maximum Gasteiger partial charge on any atom is 0.240 e. The normalized spacial score (nSPS) is 12.0. The number of hydrogen-bond acceptors (Lipinski definition) is 3. The molecule has 0 saturated heterocycles. The lowest BCUT2D eigenvalue weighted by atomic mass is 10.1. The molecule has 1 aromatic heterocycles. The van der Waals surface area contributed by atoms with Gasteiger partial charge < -0.3 is 15.0 Å². The molecule has 0 spiro atoms. The van der Waals surface area contributed by atoms with Crippen molar-refractivity contribution >= 4 is 5.91 Å². The molecule has 0 aliphatic carbocycles. The molecule has 2 N–H and O–H groups in total. The number of ether oxygens (including phenoxy) is 1. The van der Waals surface area contributed by atoms with Crippen LogP contribution in [0.25, 0.3) is 11.3 Å². The average molecular weight is 335 g/mol. The lowest BCUT2D eigenvalue weighted by Gasteiger charge is -2.15. The topological polar surface area (TPSA) is 70.1 Å². The molecule has 1 heterocycles. The molecule has 0 fully saturated rings. The van der Waals surface area contributed by atoms with Crippen LogP contribution in [-0.4, -0.2) is 15.5 Å². The number of benzene rings is 2. The first-order valence-corrected chi connectivity index (χ1v) is 8.19. The lowest BCUT2D eigenvalue weighted by Crippen LogP contribution is -2.25. The van der Waals surface area contributed by atoms with Crippen molar-refractivity contribution in [3.8, 4) is 11.3 Å². The van der Waals surface area contributed by atoms with Crippen molar-refractivity contribution in [3.63, 3.8) is 0 Å². The molecule has 5 heteroatoms. The quantitative estimate of drug-likeness (QED) is 0.720. The Morgan fingerprint density at radius 3 is 2.36 bits per heavy atom. The molecule has 3 rings (SSSR count). The Kier molecular flexibility index (Phi) is 5.26. The summed E-state index contributed by atoms with van der Waals surface area (Å²) in [6.07, 6.45) is 1.65. The van der Waals surface area contributed by atoms with Gasteiger partial charge in [-0.3, -0.25) is 4.79 Å². The minimum atomic E-state index is -0.486. The fraction of sp³-hybridized carbons (Fsp3) is 0.200.